The number of aromatic nitrogens is 2. The number of hydrogen-bond acceptors (Lipinski definition) is 7. The first-order valence-electron chi connectivity index (χ1n) is 9.22. The van der Waals surface area contributed by atoms with E-state index in [9.17, 15) is 19.1 Å². The van der Waals surface area contributed by atoms with Gasteiger partial charge in [-0.05, 0) is 25.7 Å². The molecular weight excluding hydrogens is 399 g/mol. The quantitative estimate of drug-likeness (QED) is 0.484. The van der Waals surface area contributed by atoms with Crippen LogP contribution in [-0.4, -0.2) is 51.4 Å². The van der Waals surface area contributed by atoms with Gasteiger partial charge in [-0.25, -0.2) is 19.2 Å². The number of nitrogens with zero attached hydrogens (tertiary/aromatic N) is 2. The maximum Gasteiger partial charge on any atom is 0.404 e. The summed E-state index contributed by atoms with van der Waals surface area (Å²) in [6.45, 7) is 2.06. The predicted molar refractivity (Wildman–Crippen MR) is 102 cm³/mol. The van der Waals surface area contributed by atoms with E-state index in [1.807, 2.05) is 0 Å². The number of halogens is 1. The van der Waals surface area contributed by atoms with Crippen LogP contribution in [0.4, 0.5) is 14.9 Å². The Hall–Kier alpha value is -3.63. The van der Waals surface area contributed by atoms with E-state index in [0.29, 0.717) is 12.5 Å². The fourth-order valence-corrected chi connectivity index (χ4v) is 2.41. The fourth-order valence-electron chi connectivity index (χ4n) is 2.41. The molecule has 0 unspecified atom stereocenters. The molecule has 0 radical (unpaired) electrons. The highest BCUT2D eigenvalue weighted by atomic mass is 19.1. The summed E-state index contributed by atoms with van der Waals surface area (Å²) in [6, 6.07) is 1.73. The summed E-state index contributed by atoms with van der Waals surface area (Å²) in [5.74, 6) is -1.33. The van der Waals surface area contributed by atoms with Crippen molar-refractivity contribution >= 4 is 17.7 Å². The minimum Gasteiger partial charge on any atom is -0.506 e. The Morgan fingerprint density at radius 2 is 2.03 bits per heavy atom. The largest absolute Gasteiger partial charge is 0.506 e. The molecule has 2 aromatic heterocycles. The average molecular weight is 420 g/mol. The molecule has 11 heteroatoms. The monoisotopic (exact) mass is 420 g/mol. The van der Waals surface area contributed by atoms with Crippen LogP contribution in [0.2, 0.25) is 0 Å². The van der Waals surface area contributed by atoms with Crippen molar-refractivity contribution < 1.29 is 33.7 Å². The van der Waals surface area contributed by atoms with Crippen molar-refractivity contribution in [2.45, 2.75) is 25.8 Å². The van der Waals surface area contributed by atoms with Crippen molar-refractivity contribution in [2.75, 3.05) is 18.5 Å². The van der Waals surface area contributed by atoms with Crippen molar-refractivity contribution in [2.24, 2.45) is 5.92 Å². The van der Waals surface area contributed by atoms with Gasteiger partial charge in [0, 0.05) is 12.1 Å². The fraction of sp³-hybridized carbons (Fsp3) is 0.368. The minimum absolute atomic E-state index is 0.0191. The summed E-state index contributed by atoms with van der Waals surface area (Å²) in [7, 11) is 0. The number of anilines is 1. The second-order valence-corrected chi connectivity index (χ2v) is 6.91. The highest BCUT2D eigenvalue weighted by Crippen LogP contribution is 2.30. The highest BCUT2D eigenvalue weighted by molar-refractivity contribution is 6.03. The Morgan fingerprint density at radius 1 is 1.27 bits per heavy atom. The Labute approximate surface area is 171 Å². The molecule has 0 saturated heterocycles. The molecular formula is C19H21FN4O6. The van der Waals surface area contributed by atoms with Crippen molar-refractivity contribution in [3.05, 3.63) is 36.0 Å². The Kier molecular flexibility index (Phi) is 6.50. The number of carbonyl (C=O) groups is 2. The van der Waals surface area contributed by atoms with Crippen LogP contribution in [0.15, 0.2) is 24.5 Å². The maximum absolute atomic E-state index is 14.2. The van der Waals surface area contributed by atoms with Gasteiger partial charge in [0.2, 0.25) is 5.88 Å². The van der Waals surface area contributed by atoms with Gasteiger partial charge < -0.3 is 30.3 Å². The summed E-state index contributed by atoms with van der Waals surface area (Å²) < 4.78 is 24.9. The van der Waals surface area contributed by atoms with E-state index in [0.717, 1.165) is 31.2 Å². The molecule has 1 aliphatic carbocycles. The number of aromatic hydroxyl groups is 1. The third-order valence-corrected chi connectivity index (χ3v) is 4.17. The van der Waals surface area contributed by atoms with E-state index in [4.69, 9.17) is 14.6 Å². The zero-order valence-corrected chi connectivity index (χ0v) is 16.1. The number of nitrogens with one attached hydrogen (secondary N) is 2. The summed E-state index contributed by atoms with van der Waals surface area (Å²) in [5, 5.41) is 23.2. The van der Waals surface area contributed by atoms with Gasteiger partial charge in [0.1, 0.15) is 23.8 Å². The third kappa shape index (κ3) is 5.93. The second kappa shape index (κ2) is 9.25. The Bertz CT molecular complexity index is 937. The molecule has 1 saturated carbocycles. The molecule has 1 aliphatic rings. The molecule has 0 aliphatic heterocycles. The molecule has 160 valence electrons. The molecule has 10 nitrogen and oxygen atoms in total. The first-order valence-corrected chi connectivity index (χ1v) is 9.22. The molecule has 0 bridgehead atoms. The standard InChI is InChI=1S/C19H21FN4O6/c1-10(23-19(27)28)8-30-16-5-15(25)14(7-21-16)24-18(26)17-13(20)4-12(6-22-17)29-9-11-2-3-11/h4-7,10-11,23H,2-3,8-9H2,1H3,(H,21,25)(H,24,26)(H,27,28)/t10-/m0/s1. The average Bonchev–Trinajstić information content (AvgIpc) is 3.50. The predicted octanol–water partition coefficient (Wildman–Crippen LogP) is 2.40. The van der Waals surface area contributed by atoms with Crippen LogP contribution >= 0.6 is 0 Å². The van der Waals surface area contributed by atoms with E-state index >= 15 is 0 Å². The lowest BCUT2D eigenvalue weighted by atomic mass is 10.3. The number of pyridine rings is 2. The van der Waals surface area contributed by atoms with Crippen LogP contribution < -0.4 is 20.1 Å². The molecule has 2 aromatic rings. The molecule has 4 N–H and O–H groups in total. The molecule has 1 fully saturated rings. The Balaban J connectivity index is 1.58. The van der Waals surface area contributed by atoms with E-state index in [1.54, 1.807) is 6.92 Å². The molecule has 0 spiro atoms. The van der Waals surface area contributed by atoms with Crippen molar-refractivity contribution in [1.29, 1.82) is 0 Å². The van der Waals surface area contributed by atoms with Crippen LogP contribution in [0.3, 0.4) is 0 Å². The van der Waals surface area contributed by atoms with Crippen molar-refractivity contribution in [1.82, 2.24) is 15.3 Å². The molecule has 0 aromatic carbocycles. The van der Waals surface area contributed by atoms with E-state index < -0.39 is 29.6 Å². The second-order valence-electron chi connectivity index (χ2n) is 6.91. The molecule has 2 amide bonds. The van der Waals surface area contributed by atoms with Crippen molar-refractivity contribution in [3.8, 4) is 17.4 Å². The van der Waals surface area contributed by atoms with Gasteiger partial charge >= 0.3 is 6.09 Å². The lowest BCUT2D eigenvalue weighted by Crippen LogP contribution is -2.35. The van der Waals surface area contributed by atoms with Gasteiger partial charge in [0.15, 0.2) is 11.5 Å². The molecule has 3 rings (SSSR count). The van der Waals surface area contributed by atoms with Crippen molar-refractivity contribution in [3.63, 3.8) is 0 Å². The maximum atomic E-state index is 14.2. The number of ether oxygens (including phenoxy) is 2. The lowest BCUT2D eigenvalue weighted by molar-refractivity contribution is 0.101. The molecule has 30 heavy (non-hydrogen) atoms. The van der Waals surface area contributed by atoms with Gasteiger partial charge in [-0.3, -0.25) is 4.79 Å². The van der Waals surface area contributed by atoms with Gasteiger partial charge in [-0.1, -0.05) is 0 Å². The third-order valence-electron chi connectivity index (χ3n) is 4.17. The van der Waals surface area contributed by atoms with Gasteiger partial charge in [0.05, 0.1) is 25.0 Å². The summed E-state index contributed by atoms with van der Waals surface area (Å²) in [6.07, 6.45) is 3.39. The summed E-state index contributed by atoms with van der Waals surface area (Å²) >= 11 is 0. The van der Waals surface area contributed by atoms with Crippen LogP contribution in [-0.2, 0) is 0 Å². The van der Waals surface area contributed by atoms with E-state index in [-0.39, 0.29) is 29.7 Å². The van der Waals surface area contributed by atoms with Crippen LogP contribution in [0.25, 0.3) is 0 Å². The molecule has 1 atom stereocenters. The molecule has 2 heterocycles. The van der Waals surface area contributed by atoms with Crippen LogP contribution in [0.5, 0.6) is 17.4 Å². The van der Waals surface area contributed by atoms with E-state index in [1.165, 1.54) is 6.20 Å². The zero-order chi connectivity index (χ0) is 21.7. The number of carboxylic acid groups (broad SMARTS) is 1. The van der Waals surface area contributed by atoms with Crippen LogP contribution in [0.1, 0.15) is 30.3 Å². The SMILES string of the molecule is C[C@@H](COc1cc(O)c(NC(=O)c2ncc(OCC3CC3)cc2F)cn1)NC(=O)O. The summed E-state index contributed by atoms with van der Waals surface area (Å²) in [4.78, 5) is 30.5. The van der Waals surface area contributed by atoms with Gasteiger partial charge in [0.25, 0.3) is 5.91 Å². The number of amides is 2. The van der Waals surface area contributed by atoms with Crippen LogP contribution in [0, 0.1) is 11.7 Å². The first kappa shape index (κ1) is 21.1. The smallest absolute Gasteiger partial charge is 0.404 e. The first-order chi connectivity index (χ1) is 14.3. The topological polar surface area (TPSA) is 143 Å². The normalized spacial score (nSPS) is 13.9. The number of rotatable bonds is 9. The Morgan fingerprint density at radius 3 is 2.67 bits per heavy atom. The minimum atomic E-state index is -1.19. The van der Waals surface area contributed by atoms with Gasteiger partial charge in [-0.15, -0.1) is 0 Å². The summed E-state index contributed by atoms with van der Waals surface area (Å²) in [5.41, 5.74) is -0.526. The number of carbonyl (C=O) groups excluding carboxylic acids is 1. The van der Waals surface area contributed by atoms with Gasteiger partial charge in [-0.2, -0.15) is 0 Å². The number of hydrogen-bond donors (Lipinski definition) is 4. The van der Waals surface area contributed by atoms with E-state index in [2.05, 4.69) is 20.6 Å². The highest BCUT2D eigenvalue weighted by Gasteiger charge is 2.23. The zero-order valence-electron chi connectivity index (χ0n) is 16.1. The lowest BCUT2D eigenvalue weighted by Gasteiger charge is -2.13.